The molecule has 7 nitrogen and oxygen atoms in total. The Bertz CT molecular complexity index is 728. The van der Waals surface area contributed by atoms with Crippen LogP contribution in [-0.2, 0) is 10.0 Å². The van der Waals surface area contributed by atoms with E-state index in [1.807, 2.05) is 0 Å². The number of sulfonamides is 1. The number of Topliss-reactive ketones (excluding diaryl/α,β-unsaturated/α-hetero) is 1. The van der Waals surface area contributed by atoms with Gasteiger partial charge in [0.25, 0.3) is 5.91 Å². The highest BCUT2D eigenvalue weighted by atomic mass is 32.2. The molecule has 1 aliphatic rings. The molecule has 0 saturated carbocycles. The summed E-state index contributed by atoms with van der Waals surface area (Å²) in [6.45, 7) is 7.93. The number of piperazine rings is 1. The van der Waals surface area contributed by atoms with E-state index < -0.39 is 10.0 Å². The number of hydrogen-bond acceptors (Lipinski definition) is 4. The van der Waals surface area contributed by atoms with Crippen LogP contribution in [0.25, 0.3) is 0 Å². The summed E-state index contributed by atoms with van der Waals surface area (Å²) in [5.74, 6) is -0.196. The number of nitrogens with zero attached hydrogens (tertiary/aromatic N) is 2. The molecule has 8 heteroatoms. The van der Waals surface area contributed by atoms with Crippen molar-refractivity contribution in [3.8, 4) is 0 Å². The lowest BCUT2D eigenvalue weighted by Gasteiger charge is -2.33. The van der Waals surface area contributed by atoms with Crippen molar-refractivity contribution in [2.24, 2.45) is 0 Å². The van der Waals surface area contributed by atoms with Crippen LogP contribution >= 0.6 is 0 Å². The van der Waals surface area contributed by atoms with E-state index in [1.165, 1.54) is 11.2 Å². The standard InChI is InChI=1S/C15H23N3O4S/c1-5-23(21,22)18-8-6-17(7-9-18)15(20)14-10(2)13(12(4)19)11(3)16-14/h16H,5-9H2,1-4H3. The number of aromatic nitrogens is 1. The molecule has 1 aliphatic heterocycles. The molecule has 0 bridgehead atoms. The number of H-pyrrole nitrogens is 1. The van der Waals surface area contributed by atoms with E-state index in [9.17, 15) is 18.0 Å². The molecule has 0 radical (unpaired) electrons. The van der Waals surface area contributed by atoms with Gasteiger partial charge in [-0.05, 0) is 33.3 Å². The molecule has 1 N–H and O–H groups in total. The third kappa shape index (κ3) is 3.32. The normalized spacial score (nSPS) is 16.6. The minimum Gasteiger partial charge on any atom is -0.354 e. The summed E-state index contributed by atoms with van der Waals surface area (Å²) < 4.78 is 25.1. The van der Waals surface area contributed by atoms with Crippen LogP contribution in [0.2, 0.25) is 0 Å². The van der Waals surface area contributed by atoms with Gasteiger partial charge in [0, 0.05) is 37.4 Å². The molecule has 128 valence electrons. The highest BCUT2D eigenvalue weighted by molar-refractivity contribution is 7.89. The number of hydrogen-bond donors (Lipinski definition) is 1. The molecule has 23 heavy (non-hydrogen) atoms. The molecular weight excluding hydrogens is 318 g/mol. The summed E-state index contributed by atoms with van der Waals surface area (Å²) in [6, 6.07) is 0. The number of aromatic amines is 1. The van der Waals surface area contributed by atoms with Crippen molar-refractivity contribution in [1.82, 2.24) is 14.2 Å². The molecular formula is C15H23N3O4S. The Kier molecular flexibility index (Phi) is 4.95. The SMILES string of the molecule is CCS(=O)(=O)N1CCN(C(=O)c2[nH]c(C)c(C(C)=O)c2C)CC1. The van der Waals surface area contributed by atoms with Crippen LogP contribution in [0.5, 0.6) is 0 Å². The summed E-state index contributed by atoms with van der Waals surface area (Å²) in [5, 5.41) is 0. The second-order valence-electron chi connectivity index (χ2n) is 5.77. The summed E-state index contributed by atoms with van der Waals surface area (Å²) in [6.07, 6.45) is 0. The highest BCUT2D eigenvalue weighted by Crippen LogP contribution is 2.21. The van der Waals surface area contributed by atoms with Crippen molar-refractivity contribution in [3.05, 3.63) is 22.5 Å². The number of carbonyl (C=O) groups is 2. The summed E-state index contributed by atoms with van der Waals surface area (Å²) >= 11 is 0. The first-order valence-electron chi connectivity index (χ1n) is 7.66. The van der Waals surface area contributed by atoms with Gasteiger partial charge in [0.1, 0.15) is 5.69 Å². The number of rotatable bonds is 4. The maximum Gasteiger partial charge on any atom is 0.270 e. The van der Waals surface area contributed by atoms with Gasteiger partial charge in [0.15, 0.2) is 5.78 Å². The number of carbonyl (C=O) groups excluding carboxylic acids is 2. The molecule has 0 aliphatic carbocycles. The summed E-state index contributed by atoms with van der Waals surface area (Å²) in [5.41, 5.74) is 2.31. The van der Waals surface area contributed by atoms with E-state index in [0.29, 0.717) is 48.7 Å². The quantitative estimate of drug-likeness (QED) is 0.825. The Labute approximate surface area is 136 Å². The molecule has 0 spiro atoms. The van der Waals surface area contributed by atoms with Gasteiger partial charge in [-0.15, -0.1) is 0 Å². The molecule has 1 saturated heterocycles. The zero-order valence-corrected chi connectivity index (χ0v) is 14.8. The minimum atomic E-state index is -3.21. The first-order valence-corrected chi connectivity index (χ1v) is 9.27. The lowest BCUT2D eigenvalue weighted by molar-refractivity contribution is 0.0692. The van der Waals surface area contributed by atoms with Crippen molar-refractivity contribution in [3.63, 3.8) is 0 Å². The monoisotopic (exact) mass is 341 g/mol. The maximum absolute atomic E-state index is 12.7. The smallest absolute Gasteiger partial charge is 0.270 e. The van der Waals surface area contributed by atoms with E-state index in [-0.39, 0.29) is 17.4 Å². The number of aryl methyl sites for hydroxylation is 1. The second-order valence-corrected chi connectivity index (χ2v) is 8.03. The Hall–Kier alpha value is -1.67. The van der Waals surface area contributed by atoms with Crippen molar-refractivity contribution in [2.75, 3.05) is 31.9 Å². The lowest BCUT2D eigenvalue weighted by atomic mass is 10.1. The average Bonchev–Trinajstić information content (AvgIpc) is 2.81. The zero-order valence-electron chi connectivity index (χ0n) is 14.0. The molecule has 0 atom stereocenters. The van der Waals surface area contributed by atoms with Crippen LogP contribution in [0, 0.1) is 13.8 Å². The fourth-order valence-corrected chi connectivity index (χ4v) is 4.09. The Morgan fingerprint density at radius 1 is 1.13 bits per heavy atom. The van der Waals surface area contributed by atoms with Crippen LogP contribution in [-0.4, -0.2) is 66.2 Å². The van der Waals surface area contributed by atoms with Gasteiger partial charge < -0.3 is 9.88 Å². The first kappa shape index (κ1) is 17.7. The van der Waals surface area contributed by atoms with Crippen molar-refractivity contribution >= 4 is 21.7 Å². The Balaban J connectivity index is 2.15. The van der Waals surface area contributed by atoms with Gasteiger partial charge in [-0.25, -0.2) is 8.42 Å². The molecule has 2 heterocycles. The third-order valence-electron chi connectivity index (χ3n) is 4.29. The van der Waals surface area contributed by atoms with Gasteiger partial charge in [0.05, 0.1) is 5.75 Å². The van der Waals surface area contributed by atoms with Crippen LogP contribution in [0.3, 0.4) is 0 Å². The van der Waals surface area contributed by atoms with Gasteiger partial charge in [-0.2, -0.15) is 4.31 Å². The molecule has 1 aromatic heterocycles. The van der Waals surface area contributed by atoms with Gasteiger partial charge in [-0.1, -0.05) is 0 Å². The predicted molar refractivity (Wildman–Crippen MR) is 87.2 cm³/mol. The van der Waals surface area contributed by atoms with Crippen LogP contribution in [0.1, 0.15) is 46.0 Å². The third-order valence-corrected chi connectivity index (χ3v) is 6.17. The number of nitrogens with one attached hydrogen (secondary N) is 1. The van der Waals surface area contributed by atoms with E-state index in [2.05, 4.69) is 4.98 Å². The van der Waals surface area contributed by atoms with Gasteiger partial charge >= 0.3 is 0 Å². The van der Waals surface area contributed by atoms with Crippen LogP contribution in [0.4, 0.5) is 0 Å². The van der Waals surface area contributed by atoms with Crippen LogP contribution < -0.4 is 0 Å². The lowest BCUT2D eigenvalue weighted by Crippen LogP contribution is -2.51. The van der Waals surface area contributed by atoms with Crippen LogP contribution in [0.15, 0.2) is 0 Å². The molecule has 2 rings (SSSR count). The van der Waals surface area contributed by atoms with Crippen molar-refractivity contribution < 1.29 is 18.0 Å². The van der Waals surface area contributed by atoms with E-state index in [4.69, 9.17) is 0 Å². The molecule has 1 aromatic rings. The highest BCUT2D eigenvalue weighted by Gasteiger charge is 2.30. The fraction of sp³-hybridized carbons (Fsp3) is 0.600. The predicted octanol–water partition coefficient (Wildman–Crippen LogP) is 0.942. The number of amides is 1. The summed E-state index contributed by atoms with van der Waals surface area (Å²) in [4.78, 5) is 28.9. The molecule has 0 aromatic carbocycles. The van der Waals surface area contributed by atoms with Gasteiger partial charge in [0.2, 0.25) is 10.0 Å². The van der Waals surface area contributed by atoms with E-state index in [0.717, 1.165) is 0 Å². The maximum atomic E-state index is 12.7. The first-order chi connectivity index (χ1) is 10.7. The minimum absolute atomic E-state index is 0.0673. The second kappa shape index (κ2) is 6.45. The molecule has 0 unspecified atom stereocenters. The topological polar surface area (TPSA) is 90.6 Å². The van der Waals surface area contributed by atoms with Crippen molar-refractivity contribution in [2.45, 2.75) is 27.7 Å². The number of ketones is 1. The Morgan fingerprint density at radius 3 is 2.13 bits per heavy atom. The van der Waals surface area contributed by atoms with E-state index >= 15 is 0 Å². The molecule has 1 fully saturated rings. The largest absolute Gasteiger partial charge is 0.354 e. The fourth-order valence-electron chi connectivity index (χ4n) is 3.00. The zero-order chi connectivity index (χ0) is 17.4. The van der Waals surface area contributed by atoms with Crippen molar-refractivity contribution in [1.29, 1.82) is 0 Å². The summed E-state index contributed by atoms with van der Waals surface area (Å²) in [7, 11) is -3.21. The Morgan fingerprint density at radius 2 is 1.70 bits per heavy atom. The van der Waals surface area contributed by atoms with Gasteiger partial charge in [-0.3, -0.25) is 9.59 Å². The molecule has 1 amide bonds. The van der Waals surface area contributed by atoms with E-state index in [1.54, 1.807) is 25.7 Å². The average molecular weight is 341 g/mol.